The van der Waals surface area contributed by atoms with E-state index in [-0.39, 0.29) is 5.56 Å². The van der Waals surface area contributed by atoms with E-state index in [1.165, 1.54) is 12.1 Å². The maximum Gasteiger partial charge on any atom is 0.251 e. The molecule has 1 aliphatic heterocycles. The van der Waals surface area contributed by atoms with E-state index in [0.29, 0.717) is 23.6 Å². The van der Waals surface area contributed by atoms with Gasteiger partial charge in [-0.25, -0.2) is 9.37 Å². The molecule has 0 saturated carbocycles. The van der Waals surface area contributed by atoms with E-state index in [1.54, 1.807) is 18.3 Å². The number of hydrogen-bond acceptors (Lipinski definition) is 6. The Balaban J connectivity index is 1.45. The molecule has 1 aliphatic rings. The van der Waals surface area contributed by atoms with Crippen molar-refractivity contribution in [2.24, 2.45) is 5.73 Å². The Morgan fingerprint density at radius 1 is 1.10 bits per heavy atom. The number of benzene rings is 2. The molecule has 0 saturated heterocycles. The zero-order chi connectivity index (χ0) is 20.7. The number of hydrogen-bond donors (Lipinski definition) is 3. The van der Waals surface area contributed by atoms with Gasteiger partial charge in [-0.2, -0.15) is 0 Å². The Kier molecular flexibility index (Phi) is 4.26. The number of fused-ring (bicyclic) bond motifs is 2. The predicted molar refractivity (Wildman–Crippen MR) is 113 cm³/mol. The minimum atomic E-state index is -0.800. The van der Waals surface area contributed by atoms with Crippen molar-refractivity contribution in [1.82, 2.24) is 15.5 Å². The van der Waals surface area contributed by atoms with E-state index < -0.39 is 11.7 Å². The molecule has 0 radical (unpaired) electrons. The molecular formula is C22H17FN6O. The second-order valence-corrected chi connectivity index (χ2v) is 6.98. The van der Waals surface area contributed by atoms with Gasteiger partial charge < -0.3 is 11.2 Å². The molecule has 1 amide bonds. The number of carbonyl (C=O) groups excluding carboxylic acids is 1. The normalized spacial score (nSPS) is 12.6. The molecule has 2 aromatic heterocycles. The summed E-state index contributed by atoms with van der Waals surface area (Å²) in [6, 6.07) is 18.0. The SMILES string of the molecule is NC(=O)c1ccc(-c2ccc3c(n2)N(Cc2ccc4ncccc4c2)NN3)cc1F. The lowest BCUT2D eigenvalue weighted by Crippen LogP contribution is -2.35. The van der Waals surface area contributed by atoms with Gasteiger partial charge in [0, 0.05) is 17.1 Å². The molecule has 8 heteroatoms. The van der Waals surface area contributed by atoms with Crippen LogP contribution in [-0.4, -0.2) is 15.9 Å². The van der Waals surface area contributed by atoms with Gasteiger partial charge in [0.15, 0.2) is 5.82 Å². The third-order valence-electron chi connectivity index (χ3n) is 4.99. The maximum atomic E-state index is 14.2. The number of nitrogens with two attached hydrogens (primary N) is 1. The van der Waals surface area contributed by atoms with Crippen LogP contribution in [0.2, 0.25) is 0 Å². The first-order chi connectivity index (χ1) is 14.6. The molecule has 3 heterocycles. The Labute approximate surface area is 171 Å². The Morgan fingerprint density at radius 2 is 2.00 bits per heavy atom. The number of carbonyl (C=O) groups is 1. The van der Waals surface area contributed by atoms with Crippen molar-refractivity contribution in [3.63, 3.8) is 0 Å². The lowest BCUT2D eigenvalue weighted by molar-refractivity contribution is 0.0996. The van der Waals surface area contributed by atoms with Crippen LogP contribution in [0.25, 0.3) is 22.2 Å². The van der Waals surface area contributed by atoms with Crippen molar-refractivity contribution >= 4 is 28.3 Å². The highest BCUT2D eigenvalue weighted by Gasteiger charge is 2.21. The summed E-state index contributed by atoms with van der Waals surface area (Å²) in [4.78, 5) is 20.3. The third kappa shape index (κ3) is 3.19. The fourth-order valence-electron chi connectivity index (χ4n) is 3.49. The first kappa shape index (κ1) is 18.0. The molecule has 2 aromatic carbocycles. The summed E-state index contributed by atoms with van der Waals surface area (Å²) >= 11 is 0. The summed E-state index contributed by atoms with van der Waals surface area (Å²) in [7, 11) is 0. The topological polar surface area (TPSA) is 96.2 Å². The van der Waals surface area contributed by atoms with Gasteiger partial charge in [-0.1, -0.05) is 18.2 Å². The summed E-state index contributed by atoms with van der Waals surface area (Å²) in [5, 5.41) is 2.94. The standard InChI is InChI=1S/C22H17FN6O/c23-17-11-15(4-5-16(17)21(24)30)19-7-8-20-22(26-19)29(28-27-20)12-13-3-6-18-14(10-13)2-1-9-25-18/h1-11,27-28H,12H2,(H2,24,30). The molecule has 148 valence electrons. The Morgan fingerprint density at radius 3 is 2.83 bits per heavy atom. The minimum Gasteiger partial charge on any atom is -0.366 e. The monoisotopic (exact) mass is 400 g/mol. The first-order valence-electron chi connectivity index (χ1n) is 9.32. The second kappa shape index (κ2) is 7.09. The summed E-state index contributed by atoms with van der Waals surface area (Å²) in [6.07, 6.45) is 1.77. The van der Waals surface area contributed by atoms with Crippen LogP contribution in [0.5, 0.6) is 0 Å². The van der Waals surface area contributed by atoms with Crippen molar-refractivity contribution < 1.29 is 9.18 Å². The molecule has 0 unspecified atom stereocenters. The van der Waals surface area contributed by atoms with Crippen LogP contribution in [0.4, 0.5) is 15.9 Å². The highest BCUT2D eigenvalue weighted by atomic mass is 19.1. The van der Waals surface area contributed by atoms with Gasteiger partial charge in [0.25, 0.3) is 5.91 Å². The van der Waals surface area contributed by atoms with Crippen molar-refractivity contribution in [1.29, 1.82) is 0 Å². The zero-order valence-corrected chi connectivity index (χ0v) is 15.8. The van der Waals surface area contributed by atoms with Crippen molar-refractivity contribution in [2.45, 2.75) is 6.54 Å². The van der Waals surface area contributed by atoms with E-state index in [9.17, 15) is 9.18 Å². The molecule has 0 fully saturated rings. The van der Waals surface area contributed by atoms with Gasteiger partial charge in [-0.3, -0.25) is 14.8 Å². The van der Waals surface area contributed by atoms with Gasteiger partial charge in [0.2, 0.25) is 0 Å². The van der Waals surface area contributed by atoms with Gasteiger partial charge in [-0.05, 0) is 48.0 Å². The number of nitrogens with zero attached hydrogens (tertiary/aromatic N) is 3. The van der Waals surface area contributed by atoms with Gasteiger partial charge in [-0.15, -0.1) is 5.53 Å². The number of anilines is 2. The maximum absolute atomic E-state index is 14.2. The van der Waals surface area contributed by atoms with Crippen LogP contribution in [0.15, 0.2) is 66.9 Å². The number of nitrogens with one attached hydrogen (secondary N) is 2. The molecule has 5 rings (SSSR count). The van der Waals surface area contributed by atoms with Crippen molar-refractivity contribution in [2.75, 3.05) is 10.4 Å². The van der Waals surface area contributed by atoms with Gasteiger partial charge >= 0.3 is 0 Å². The predicted octanol–water partition coefficient (Wildman–Crippen LogP) is 3.39. The number of rotatable bonds is 4. The van der Waals surface area contributed by atoms with Crippen LogP contribution in [0.3, 0.4) is 0 Å². The number of pyridine rings is 2. The lowest BCUT2D eigenvalue weighted by atomic mass is 10.1. The fraction of sp³-hybridized carbons (Fsp3) is 0.0455. The molecule has 0 spiro atoms. The number of primary amides is 1. The summed E-state index contributed by atoms with van der Waals surface area (Å²) in [5.74, 6) is -0.774. The molecule has 0 bridgehead atoms. The Hall–Kier alpha value is -4.04. The smallest absolute Gasteiger partial charge is 0.251 e. The van der Waals surface area contributed by atoms with Crippen LogP contribution >= 0.6 is 0 Å². The fourth-order valence-corrected chi connectivity index (χ4v) is 3.49. The van der Waals surface area contributed by atoms with E-state index in [1.807, 2.05) is 35.3 Å². The summed E-state index contributed by atoms with van der Waals surface area (Å²) < 4.78 is 14.2. The highest BCUT2D eigenvalue weighted by molar-refractivity contribution is 5.93. The van der Waals surface area contributed by atoms with E-state index in [4.69, 9.17) is 5.73 Å². The number of hydrazine groups is 2. The largest absolute Gasteiger partial charge is 0.366 e. The lowest BCUT2D eigenvalue weighted by Gasteiger charge is -2.17. The minimum absolute atomic E-state index is 0.143. The zero-order valence-electron chi connectivity index (χ0n) is 15.8. The number of halogens is 1. The molecule has 0 aliphatic carbocycles. The third-order valence-corrected chi connectivity index (χ3v) is 4.99. The Bertz CT molecular complexity index is 1290. The van der Waals surface area contributed by atoms with Crippen molar-refractivity contribution in [3.8, 4) is 11.3 Å². The summed E-state index contributed by atoms with van der Waals surface area (Å²) in [5.41, 5.74) is 15.2. The highest BCUT2D eigenvalue weighted by Crippen LogP contribution is 2.32. The quantitative estimate of drug-likeness (QED) is 0.486. The van der Waals surface area contributed by atoms with Gasteiger partial charge in [0.1, 0.15) is 5.82 Å². The van der Waals surface area contributed by atoms with Crippen LogP contribution in [0, 0.1) is 5.82 Å². The average Bonchev–Trinajstić information content (AvgIpc) is 3.15. The summed E-state index contributed by atoms with van der Waals surface area (Å²) in [6.45, 7) is 0.566. The molecule has 0 atom stereocenters. The van der Waals surface area contributed by atoms with E-state index >= 15 is 0 Å². The van der Waals surface area contributed by atoms with Gasteiger partial charge in [0.05, 0.1) is 29.0 Å². The van der Waals surface area contributed by atoms with Crippen LogP contribution in [0.1, 0.15) is 15.9 Å². The molecule has 4 N–H and O–H groups in total. The molecule has 30 heavy (non-hydrogen) atoms. The van der Waals surface area contributed by atoms with Crippen LogP contribution in [-0.2, 0) is 6.54 Å². The van der Waals surface area contributed by atoms with E-state index in [2.05, 4.69) is 27.0 Å². The average molecular weight is 400 g/mol. The van der Waals surface area contributed by atoms with Crippen molar-refractivity contribution in [3.05, 3.63) is 83.8 Å². The number of aromatic nitrogens is 2. The molecule has 7 nitrogen and oxygen atoms in total. The molecule has 4 aromatic rings. The van der Waals surface area contributed by atoms with E-state index in [0.717, 1.165) is 22.2 Å². The van der Waals surface area contributed by atoms with Crippen LogP contribution < -0.4 is 21.7 Å². The number of amides is 1. The molecular weight excluding hydrogens is 383 g/mol. The second-order valence-electron chi connectivity index (χ2n) is 6.98. The first-order valence-corrected chi connectivity index (χ1v) is 9.32.